The molecule has 3 heteroatoms. The van der Waals surface area contributed by atoms with Crippen LogP contribution < -0.4 is 5.32 Å². The lowest BCUT2D eigenvalue weighted by Crippen LogP contribution is -2.30. The fourth-order valence-corrected chi connectivity index (χ4v) is 2.83. The van der Waals surface area contributed by atoms with Gasteiger partial charge in [0.15, 0.2) is 0 Å². The van der Waals surface area contributed by atoms with Gasteiger partial charge in [-0.2, -0.15) is 0 Å². The molecule has 1 atom stereocenters. The Morgan fingerprint density at radius 2 is 1.80 bits per heavy atom. The topological polar surface area (TPSA) is 15.3 Å². The maximum absolute atomic E-state index is 6.11. The van der Waals surface area contributed by atoms with Crippen molar-refractivity contribution in [2.45, 2.75) is 46.1 Å². The molecule has 0 aliphatic rings. The Bertz CT molecular complexity index is 362. The van der Waals surface area contributed by atoms with Gasteiger partial charge in [-0.1, -0.05) is 44.5 Å². The molecule has 1 N–H and O–H groups in total. The van der Waals surface area contributed by atoms with Gasteiger partial charge in [-0.15, -0.1) is 0 Å². The highest BCUT2D eigenvalue weighted by Crippen LogP contribution is 2.21. The molecule has 1 aromatic carbocycles. The van der Waals surface area contributed by atoms with Crippen molar-refractivity contribution in [1.29, 1.82) is 0 Å². The molecule has 0 amide bonds. The summed E-state index contributed by atoms with van der Waals surface area (Å²) in [7, 11) is 0. The van der Waals surface area contributed by atoms with Crippen molar-refractivity contribution < 1.29 is 0 Å². The zero-order valence-corrected chi connectivity index (χ0v) is 13.9. The fourth-order valence-electron chi connectivity index (χ4n) is 2.64. The van der Waals surface area contributed by atoms with Crippen LogP contribution in [0.5, 0.6) is 0 Å². The zero-order chi connectivity index (χ0) is 14.8. The van der Waals surface area contributed by atoms with Crippen LogP contribution in [0.15, 0.2) is 24.3 Å². The lowest BCUT2D eigenvalue weighted by atomic mass is 10.0. The number of nitrogens with one attached hydrogen (secondary N) is 1. The molecule has 0 saturated heterocycles. The molecule has 20 heavy (non-hydrogen) atoms. The number of hydrogen-bond acceptors (Lipinski definition) is 2. The number of rotatable bonds is 10. The second-order valence-electron chi connectivity index (χ2n) is 5.30. The predicted octanol–water partition coefficient (Wildman–Crippen LogP) is 4.50. The molecule has 0 aliphatic heterocycles. The summed E-state index contributed by atoms with van der Waals surface area (Å²) in [6, 6.07) is 8.63. The first-order valence-electron chi connectivity index (χ1n) is 7.92. The minimum Gasteiger partial charge on any atom is -0.310 e. The van der Waals surface area contributed by atoms with E-state index in [0.717, 1.165) is 24.5 Å². The Kier molecular flexibility index (Phi) is 8.92. The van der Waals surface area contributed by atoms with E-state index in [0.29, 0.717) is 6.04 Å². The molecule has 0 radical (unpaired) electrons. The summed E-state index contributed by atoms with van der Waals surface area (Å²) in [5, 5.41) is 4.40. The molecule has 0 aliphatic carbocycles. The van der Waals surface area contributed by atoms with Crippen LogP contribution in [-0.4, -0.2) is 31.1 Å². The SMILES string of the molecule is CCCN(CCC)CCC(NCC)c1cccc(Cl)c1. The molecule has 0 saturated carbocycles. The second kappa shape index (κ2) is 10.2. The van der Waals surface area contributed by atoms with Gasteiger partial charge in [0, 0.05) is 11.1 Å². The van der Waals surface area contributed by atoms with E-state index in [1.54, 1.807) is 0 Å². The van der Waals surface area contributed by atoms with Crippen LogP contribution in [0.2, 0.25) is 5.02 Å². The summed E-state index contributed by atoms with van der Waals surface area (Å²) in [6.07, 6.45) is 3.58. The van der Waals surface area contributed by atoms with Crippen LogP contribution in [0.4, 0.5) is 0 Å². The van der Waals surface area contributed by atoms with Gasteiger partial charge in [0.2, 0.25) is 0 Å². The van der Waals surface area contributed by atoms with Gasteiger partial charge >= 0.3 is 0 Å². The lowest BCUT2D eigenvalue weighted by molar-refractivity contribution is 0.257. The first kappa shape index (κ1) is 17.5. The van der Waals surface area contributed by atoms with Gasteiger partial charge < -0.3 is 10.2 Å². The van der Waals surface area contributed by atoms with Crippen LogP contribution in [0.25, 0.3) is 0 Å². The summed E-state index contributed by atoms with van der Waals surface area (Å²) in [6.45, 7) is 11.2. The van der Waals surface area contributed by atoms with Gasteiger partial charge in [-0.25, -0.2) is 0 Å². The van der Waals surface area contributed by atoms with Gasteiger partial charge in [-0.3, -0.25) is 0 Å². The van der Waals surface area contributed by atoms with Crippen molar-refractivity contribution in [3.8, 4) is 0 Å². The Morgan fingerprint density at radius 1 is 1.10 bits per heavy atom. The second-order valence-corrected chi connectivity index (χ2v) is 5.73. The minimum absolute atomic E-state index is 0.398. The van der Waals surface area contributed by atoms with E-state index in [2.05, 4.69) is 43.1 Å². The van der Waals surface area contributed by atoms with E-state index in [4.69, 9.17) is 11.6 Å². The molecule has 0 fully saturated rings. The number of hydrogen-bond donors (Lipinski definition) is 1. The van der Waals surface area contributed by atoms with E-state index in [1.165, 1.54) is 31.5 Å². The molecule has 0 spiro atoms. The van der Waals surface area contributed by atoms with E-state index in [1.807, 2.05) is 12.1 Å². The maximum Gasteiger partial charge on any atom is 0.0409 e. The first-order chi connectivity index (χ1) is 9.71. The third-order valence-corrected chi connectivity index (χ3v) is 3.75. The Labute approximate surface area is 129 Å². The molecule has 2 nitrogen and oxygen atoms in total. The highest BCUT2D eigenvalue weighted by molar-refractivity contribution is 6.30. The molecule has 0 heterocycles. The summed E-state index contributed by atoms with van der Waals surface area (Å²) in [5.74, 6) is 0. The largest absolute Gasteiger partial charge is 0.310 e. The lowest BCUT2D eigenvalue weighted by Gasteiger charge is -2.25. The van der Waals surface area contributed by atoms with E-state index < -0.39 is 0 Å². The van der Waals surface area contributed by atoms with E-state index in [-0.39, 0.29) is 0 Å². The van der Waals surface area contributed by atoms with Gasteiger partial charge in [0.25, 0.3) is 0 Å². The van der Waals surface area contributed by atoms with Gasteiger partial charge in [-0.05, 0) is 63.1 Å². The van der Waals surface area contributed by atoms with E-state index in [9.17, 15) is 0 Å². The molecular formula is C17H29ClN2. The highest BCUT2D eigenvalue weighted by Gasteiger charge is 2.12. The van der Waals surface area contributed by atoms with Crippen LogP contribution >= 0.6 is 11.6 Å². The van der Waals surface area contributed by atoms with E-state index >= 15 is 0 Å². The van der Waals surface area contributed by atoms with Gasteiger partial charge in [0.1, 0.15) is 0 Å². The third kappa shape index (κ3) is 6.25. The quantitative estimate of drug-likeness (QED) is 0.684. The van der Waals surface area contributed by atoms with Crippen LogP contribution in [0, 0.1) is 0 Å². The molecule has 1 unspecified atom stereocenters. The third-order valence-electron chi connectivity index (χ3n) is 3.52. The molecule has 0 bridgehead atoms. The maximum atomic E-state index is 6.11. The standard InChI is InChI=1S/C17H29ClN2/c1-4-11-20(12-5-2)13-10-17(19-6-3)15-8-7-9-16(18)14-15/h7-9,14,17,19H,4-6,10-13H2,1-3H3. The van der Waals surface area contributed by atoms with Crippen molar-refractivity contribution in [2.75, 3.05) is 26.2 Å². The number of nitrogens with zero attached hydrogens (tertiary/aromatic N) is 1. The summed E-state index contributed by atoms with van der Waals surface area (Å²) in [5.41, 5.74) is 1.30. The molecule has 0 aromatic heterocycles. The zero-order valence-electron chi connectivity index (χ0n) is 13.2. The predicted molar refractivity (Wildman–Crippen MR) is 89.5 cm³/mol. The van der Waals surface area contributed by atoms with Crippen molar-refractivity contribution in [1.82, 2.24) is 10.2 Å². The average molecular weight is 297 g/mol. The molecular weight excluding hydrogens is 268 g/mol. The molecule has 1 rings (SSSR count). The van der Waals surface area contributed by atoms with Gasteiger partial charge in [0.05, 0.1) is 0 Å². The van der Waals surface area contributed by atoms with Crippen LogP contribution in [0.1, 0.15) is 51.6 Å². The monoisotopic (exact) mass is 296 g/mol. The fraction of sp³-hybridized carbons (Fsp3) is 0.647. The Morgan fingerprint density at radius 3 is 2.35 bits per heavy atom. The average Bonchev–Trinajstić information content (AvgIpc) is 2.43. The highest BCUT2D eigenvalue weighted by atomic mass is 35.5. The first-order valence-corrected chi connectivity index (χ1v) is 8.30. The summed E-state index contributed by atoms with van der Waals surface area (Å²) in [4.78, 5) is 2.56. The number of halogens is 1. The van der Waals surface area contributed by atoms with Crippen molar-refractivity contribution >= 4 is 11.6 Å². The van der Waals surface area contributed by atoms with Crippen molar-refractivity contribution in [3.05, 3.63) is 34.9 Å². The van der Waals surface area contributed by atoms with Crippen LogP contribution in [-0.2, 0) is 0 Å². The van der Waals surface area contributed by atoms with Crippen molar-refractivity contribution in [3.63, 3.8) is 0 Å². The Hall–Kier alpha value is -0.570. The summed E-state index contributed by atoms with van der Waals surface area (Å²) < 4.78 is 0. The van der Waals surface area contributed by atoms with Crippen LogP contribution in [0.3, 0.4) is 0 Å². The normalized spacial score (nSPS) is 12.8. The summed E-state index contributed by atoms with van der Waals surface area (Å²) >= 11 is 6.11. The van der Waals surface area contributed by atoms with Crippen molar-refractivity contribution in [2.24, 2.45) is 0 Å². The molecule has 1 aromatic rings. The minimum atomic E-state index is 0.398. The molecule has 114 valence electrons. The number of benzene rings is 1. The smallest absolute Gasteiger partial charge is 0.0409 e. The Balaban J connectivity index is 2.62.